The molecule has 0 unspecified atom stereocenters. The van der Waals surface area contributed by atoms with Crippen LogP contribution in [0.4, 0.5) is 16.2 Å². The molecule has 7 heteroatoms. The minimum absolute atomic E-state index is 0.214. The lowest BCUT2D eigenvalue weighted by Crippen LogP contribution is -2.47. The van der Waals surface area contributed by atoms with E-state index in [-0.39, 0.29) is 5.92 Å². The molecule has 0 heterocycles. The van der Waals surface area contributed by atoms with E-state index < -0.39 is 30.6 Å². The van der Waals surface area contributed by atoms with E-state index in [1.165, 1.54) is 0 Å². The van der Waals surface area contributed by atoms with Crippen molar-refractivity contribution in [2.45, 2.75) is 26.8 Å². The van der Waals surface area contributed by atoms with Crippen molar-refractivity contribution in [2.75, 3.05) is 17.2 Å². The first-order valence-corrected chi connectivity index (χ1v) is 9.01. The van der Waals surface area contributed by atoms with Gasteiger partial charge >= 0.3 is 12.0 Å². The Labute approximate surface area is 164 Å². The maximum absolute atomic E-state index is 12.4. The number of rotatable bonds is 7. The van der Waals surface area contributed by atoms with E-state index in [0.29, 0.717) is 11.4 Å². The van der Waals surface area contributed by atoms with E-state index in [1.807, 2.05) is 25.1 Å². The molecule has 0 saturated heterocycles. The molecular weight excluding hydrogens is 358 g/mol. The van der Waals surface area contributed by atoms with E-state index in [2.05, 4.69) is 16.0 Å². The summed E-state index contributed by atoms with van der Waals surface area (Å²) in [5.74, 6) is -1.33. The van der Waals surface area contributed by atoms with Crippen molar-refractivity contribution < 1.29 is 19.1 Å². The van der Waals surface area contributed by atoms with E-state index in [0.717, 1.165) is 5.56 Å². The molecular formula is C21H25N3O4. The molecule has 0 aliphatic rings. The van der Waals surface area contributed by atoms with Crippen LogP contribution < -0.4 is 16.0 Å². The molecule has 28 heavy (non-hydrogen) atoms. The summed E-state index contributed by atoms with van der Waals surface area (Å²) in [5.41, 5.74) is 2.17. The number of amides is 3. The summed E-state index contributed by atoms with van der Waals surface area (Å²) >= 11 is 0. The Bertz CT molecular complexity index is 821. The molecule has 7 nitrogen and oxygen atoms in total. The second-order valence-electron chi connectivity index (χ2n) is 6.66. The Kier molecular flexibility index (Phi) is 7.56. The van der Waals surface area contributed by atoms with Gasteiger partial charge in [-0.25, -0.2) is 9.59 Å². The van der Waals surface area contributed by atoms with Crippen LogP contribution in [0.5, 0.6) is 0 Å². The molecule has 2 rings (SSSR count). The normalized spacial score (nSPS) is 11.4. The lowest BCUT2D eigenvalue weighted by molar-refractivity contribution is -0.150. The maximum Gasteiger partial charge on any atom is 0.329 e. The number of benzene rings is 2. The summed E-state index contributed by atoms with van der Waals surface area (Å²) in [6.07, 6.45) is 0. The van der Waals surface area contributed by atoms with E-state index in [1.54, 1.807) is 50.2 Å². The number of aryl methyl sites for hydroxylation is 1. The molecule has 0 bridgehead atoms. The summed E-state index contributed by atoms with van der Waals surface area (Å²) in [4.78, 5) is 36.5. The molecule has 1 atom stereocenters. The van der Waals surface area contributed by atoms with Crippen LogP contribution in [-0.4, -0.2) is 30.6 Å². The topological polar surface area (TPSA) is 96.5 Å². The SMILES string of the molecule is Cc1ccccc1NC(=O)COC(=O)[C@H](NC(=O)Nc1ccccc1)C(C)C. The molecule has 0 spiro atoms. The lowest BCUT2D eigenvalue weighted by atomic mass is 10.1. The van der Waals surface area contributed by atoms with E-state index in [4.69, 9.17) is 4.74 Å². The van der Waals surface area contributed by atoms with Crippen LogP contribution in [0.15, 0.2) is 54.6 Å². The molecule has 0 fully saturated rings. The summed E-state index contributed by atoms with van der Waals surface area (Å²) in [7, 11) is 0. The Hall–Kier alpha value is -3.35. The molecule has 0 aliphatic heterocycles. The van der Waals surface area contributed by atoms with E-state index in [9.17, 15) is 14.4 Å². The first kappa shape index (κ1) is 21.0. The third-order valence-electron chi connectivity index (χ3n) is 4.00. The van der Waals surface area contributed by atoms with Crippen molar-refractivity contribution in [1.82, 2.24) is 5.32 Å². The van der Waals surface area contributed by atoms with Gasteiger partial charge in [0.1, 0.15) is 6.04 Å². The third-order valence-corrected chi connectivity index (χ3v) is 4.00. The first-order chi connectivity index (χ1) is 13.4. The number of ether oxygens (including phenoxy) is 1. The van der Waals surface area contributed by atoms with Crippen LogP contribution in [-0.2, 0) is 14.3 Å². The number of carbonyl (C=O) groups is 3. The third kappa shape index (κ3) is 6.42. The van der Waals surface area contributed by atoms with Gasteiger partial charge in [0.2, 0.25) is 0 Å². The van der Waals surface area contributed by atoms with Crippen LogP contribution in [0, 0.1) is 12.8 Å². The zero-order valence-corrected chi connectivity index (χ0v) is 16.2. The van der Waals surface area contributed by atoms with E-state index >= 15 is 0 Å². The van der Waals surface area contributed by atoms with Crippen molar-refractivity contribution in [3.8, 4) is 0 Å². The molecule has 0 saturated carbocycles. The number of nitrogens with one attached hydrogen (secondary N) is 3. The van der Waals surface area contributed by atoms with Gasteiger partial charge in [0.25, 0.3) is 5.91 Å². The summed E-state index contributed by atoms with van der Waals surface area (Å²) in [6, 6.07) is 14.8. The highest BCUT2D eigenvalue weighted by Crippen LogP contribution is 2.13. The fourth-order valence-corrected chi connectivity index (χ4v) is 2.45. The van der Waals surface area contributed by atoms with Crippen molar-refractivity contribution in [2.24, 2.45) is 5.92 Å². The minimum Gasteiger partial charge on any atom is -0.454 e. The fourth-order valence-electron chi connectivity index (χ4n) is 2.45. The van der Waals surface area contributed by atoms with Crippen LogP contribution >= 0.6 is 0 Å². The standard InChI is InChI=1S/C21H25N3O4/c1-14(2)19(24-21(27)22-16-10-5-4-6-11-16)20(26)28-13-18(25)23-17-12-8-7-9-15(17)3/h4-12,14,19H,13H2,1-3H3,(H,23,25)(H2,22,24,27)/t19-/m1/s1. The summed E-state index contributed by atoms with van der Waals surface area (Å²) in [5, 5.41) is 7.93. The largest absolute Gasteiger partial charge is 0.454 e. The highest BCUT2D eigenvalue weighted by atomic mass is 16.5. The molecule has 0 aromatic heterocycles. The van der Waals surface area contributed by atoms with Gasteiger partial charge in [-0.05, 0) is 36.6 Å². The Morgan fingerprint density at radius 1 is 0.929 bits per heavy atom. The summed E-state index contributed by atoms with van der Waals surface area (Å²) < 4.78 is 5.10. The highest BCUT2D eigenvalue weighted by molar-refractivity contribution is 5.95. The molecule has 2 aromatic carbocycles. The second kappa shape index (κ2) is 10.1. The maximum atomic E-state index is 12.4. The second-order valence-corrected chi connectivity index (χ2v) is 6.66. The number of para-hydroxylation sites is 2. The fraction of sp³-hybridized carbons (Fsp3) is 0.286. The Morgan fingerprint density at radius 2 is 1.57 bits per heavy atom. The van der Waals surface area contributed by atoms with Gasteiger partial charge in [0, 0.05) is 11.4 Å². The molecule has 3 amide bonds. The van der Waals surface area contributed by atoms with Gasteiger partial charge in [-0.15, -0.1) is 0 Å². The number of carbonyl (C=O) groups excluding carboxylic acids is 3. The van der Waals surface area contributed by atoms with Crippen molar-refractivity contribution in [3.05, 3.63) is 60.2 Å². The highest BCUT2D eigenvalue weighted by Gasteiger charge is 2.26. The minimum atomic E-state index is -0.880. The molecule has 0 radical (unpaired) electrons. The van der Waals surface area contributed by atoms with Crippen LogP contribution in [0.1, 0.15) is 19.4 Å². The predicted molar refractivity (Wildman–Crippen MR) is 108 cm³/mol. The monoisotopic (exact) mass is 383 g/mol. The van der Waals surface area contributed by atoms with Gasteiger partial charge in [-0.3, -0.25) is 4.79 Å². The average Bonchev–Trinajstić information content (AvgIpc) is 2.66. The smallest absolute Gasteiger partial charge is 0.329 e. The number of urea groups is 1. The predicted octanol–water partition coefficient (Wildman–Crippen LogP) is 3.32. The number of hydrogen-bond donors (Lipinski definition) is 3. The Morgan fingerprint density at radius 3 is 2.21 bits per heavy atom. The molecule has 2 aromatic rings. The first-order valence-electron chi connectivity index (χ1n) is 9.01. The van der Waals surface area contributed by atoms with Gasteiger partial charge in [0.15, 0.2) is 6.61 Å². The van der Waals surface area contributed by atoms with Crippen LogP contribution in [0.3, 0.4) is 0 Å². The number of esters is 1. The molecule has 148 valence electrons. The van der Waals surface area contributed by atoms with Crippen molar-refractivity contribution in [1.29, 1.82) is 0 Å². The van der Waals surface area contributed by atoms with Crippen LogP contribution in [0.25, 0.3) is 0 Å². The zero-order chi connectivity index (χ0) is 20.5. The van der Waals surface area contributed by atoms with Gasteiger partial charge in [0.05, 0.1) is 0 Å². The van der Waals surface area contributed by atoms with Gasteiger partial charge < -0.3 is 20.7 Å². The molecule has 3 N–H and O–H groups in total. The van der Waals surface area contributed by atoms with Gasteiger partial charge in [-0.2, -0.15) is 0 Å². The van der Waals surface area contributed by atoms with Crippen molar-refractivity contribution in [3.63, 3.8) is 0 Å². The van der Waals surface area contributed by atoms with Gasteiger partial charge in [-0.1, -0.05) is 50.2 Å². The van der Waals surface area contributed by atoms with Crippen molar-refractivity contribution >= 4 is 29.3 Å². The number of anilines is 2. The molecule has 0 aliphatic carbocycles. The Balaban J connectivity index is 1.87. The average molecular weight is 383 g/mol. The van der Waals surface area contributed by atoms with Crippen LogP contribution in [0.2, 0.25) is 0 Å². The zero-order valence-electron chi connectivity index (χ0n) is 16.2. The lowest BCUT2D eigenvalue weighted by Gasteiger charge is -2.21. The summed E-state index contributed by atoms with van der Waals surface area (Å²) in [6.45, 7) is 4.99. The number of hydrogen-bond acceptors (Lipinski definition) is 4. The quantitative estimate of drug-likeness (QED) is 0.639.